The summed E-state index contributed by atoms with van der Waals surface area (Å²) in [6.07, 6.45) is 1.12. The molecular weight excluding hydrogens is 361 g/mol. The third kappa shape index (κ3) is 3.73. The lowest BCUT2D eigenvalue weighted by atomic mass is 9.98. The number of hydrogen-bond acceptors (Lipinski definition) is 2. The van der Waals surface area contributed by atoms with Crippen LogP contribution in [0.4, 0.5) is 0 Å². The molecule has 20 heavy (non-hydrogen) atoms. The minimum Gasteiger partial charge on any atom is -0.497 e. The largest absolute Gasteiger partial charge is 0.497 e. The molecule has 0 saturated carbocycles. The highest BCUT2D eigenvalue weighted by molar-refractivity contribution is 14.1. The Morgan fingerprint density at radius 2 is 1.80 bits per heavy atom. The first-order valence-electron chi connectivity index (χ1n) is 6.88. The molecule has 2 nitrogen and oxygen atoms in total. The minimum absolute atomic E-state index is 0.231. The van der Waals surface area contributed by atoms with E-state index in [0.29, 0.717) is 0 Å². The maximum atomic E-state index is 5.24. The lowest BCUT2D eigenvalue weighted by Gasteiger charge is -2.21. The van der Waals surface area contributed by atoms with E-state index in [2.05, 4.69) is 71.2 Å². The van der Waals surface area contributed by atoms with Crippen LogP contribution in [0.25, 0.3) is 0 Å². The Morgan fingerprint density at radius 3 is 2.40 bits per heavy atom. The van der Waals surface area contributed by atoms with Crippen LogP contribution >= 0.6 is 22.6 Å². The first-order chi connectivity index (χ1) is 9.76. The van der Waals surface area contributed by atoms with Gasteiger partial charge in [0.1, 0.15) is 5.75 Å². The zero-order chi connectivity index (χ0) is 14.4. The molecule has 0 heterocycles. The third-order valence-corrected chi connectivity index (χ3v) is 4.25. The monoisotopic (exact) mass is 381 g/mol. The standard InChI is InChI=1S/C17H20INO/c1-3-12-19-17(15-6-4-5-7-16(15)18)13-8-10-14(20-2)11-9-13/h4-11,17,19H,3,12H2,1-2H3. The Morgan fingerprint density at radius 1 is 1.10 bits per heavy atom. The van der Waals surface area contributed by atoms with Crippen LogP contribution < -0.4 is 10.1 Å². The van der Waals surface area contributed by atoms with Gasteiger partial charge in [-0.1, -0.05) is 37.3 Å². The molecule has 0 saturated heterocycles. The van der Waals surface area contributed by atoms with Crippen molar-refractivity contribution in [3.8, 4) is 5.75 Å². The van der Waals surface area contributed by atoms with Crippen LogP contribution in [0.2, 0.25) is 0 Å². The Hall–Kier alpha value is -1.07. The fraction of sp³-hybridized carbons (Fsp3) is 0.294. The number of benzene rings is 2. The van der Waals surface area contributed by atoms with E-state index in [1.54, 1.807) is 7.11 Å². The predicted molar refractivity (Wildman–Crippen MR) is 92.3 cm³/mol. The van der Waals surface area contributed by atoms with Crippen LogP contribution in [0.1, 0.15) is 30.5 Å². The van der Waals surface area contributed by atoms with Gasteiger partial charge in [0.15, 0.2) is 0 Å². The van der Waals surface area contributed by atoms with Gasteiger partial charge >= 0.3 is 0 Å². The number of rotatable bonds is 6. The van der Waals surface area contributed by atoms with Crippen molar-refractivity contribution in [2.75, 3.05) is 13.7 Å². The van der Waals surface area contributed by atoms with E-state index in [-0.39, 0.29) is 6.04 Å². The first kappa shape index (κ1) is 15.3. The van der Waals surface area contributed by atoms with E-state index in [0.717, 1.165) is 18.7 Å². The van der Waals surface area contributed by atoms with Crippen molar-refractivity contribution in [1.82, 2.24) is 5.32 Å². The summed E-state index contributed by atoms with van der Waals surface area (Å²) in [7, 11) is 1.70. The molecule has 1 unspecified atom stereocenters. The summed E-state index contributed by atoms with van der Waals surface area (Å²) in [5.74, 6) is 0.894. The second kappa shape index (κ2) is 7.64. The van der Waals surface area contributed by atoms with E-state index < -0.39 is 0 Å². The van der Waals surface area contributed by atoms with E-state index in [4.69, 9.17) is 4.74 Å². The van der Waals surface area contributed by atoms with Crippen molar-refractivity contribution < 1.29 is 4.74 Å². The van der Waals surface area contributed by atoms with Crippen LogP contribution in [0.5, 0.6) is 5.75 Å². The Bertz CT molecular complexity index is 539. The summed E-state index contributed by atoms with van der Waals surface area (Å²) in [6, 6.07) is 17.1. The lowest BCUT2D eigenvalue weighted by molar-refractivity contribution is 0.414. The molecule has 106 valence electrons. The van der Waals surface area contributed by atoms with Crippen molar-refractivity contribution in [1.29, 1.82) is 0 Å². The molecule has 0 amide bonds. The molecule has 0 spiro atoms. The van der Waals surface area contributed by atoms with Crippen LogP contribution in [-0.4, -0.2) is 13.7 Å². The van der Waals surface area contributed by atoms with E-state index in [1.165, 1.54) is 14.7 Å². The normalized spacial score (nSPS) is 12.2. The maximum Gasteiger partial charge on any atom is 0.118 e. The fourth-order valence-electron chi connectivity index (χ4n) is 2.20. The minimum atomic E-state index is 0.231. The lowest BCUT2D eigenvalue weighted by Crippen LogP contribution is -2.23. The van der Waals surface area contributed by atoms with Gasteiger partial charge in [-0.15, -0.1) is 0 Å². The molecule has 0 aliphatic heterocycles. The summed E-state index contributed by atoms with van der Waals surface area (Å²) in [5, 5.41) is 3.63. The molecule has 1 atom stereocenters. The van der Waals surface area contributed by atoms with Crippen molar-refractivity contribution in [3.63, 3.8) is 0 Å². The van der Waals surface area contributed by atoms with Crippen molar-refractivity contribution >= 4 is 22.6 Å². The van der Waals surface area contributed by atoms with Crippen LogP contribution in [0.15, 0.2) is 48.5 Å². The number of ether oxygens (including phenoxy) is 1. The molecule has 2 rings (SSSR count). The van der Waals surface area contributed by atoms with Crippen molar-refractivity contribution in [2.45, 2.75) is 19.4 Å². The number of methoxy groups -OCH3 is 1. The predicted octanol–water partition coefficient (Wildman–Crippen LogP) is 4.39. The molecule has 3 heteroatoms. The highest BCUT2D eigenvalue weighted by Crippen LogP contribution is 2.27. The van der Waals surface area contributed by atoms with Gasteiger partial charge in [-0.2, -0.15) is 0 Å². The quantitative estimate of drug-likeness (QED) is 0.750. The summed E-state index contributed by atoms with van der Waals surface area (Å²) in [6.45, 7) is 3.19. The number of nitrogens with one attached hydrogen (secondary N) is 1. The Kier molecular flexibility index (Phi) is 5.86. The van der Waals surface area contributed by atoms with Crippen LogP contribution in [-0.2, 0) is 0 Å². The second-order valence-electron chi connectivity index (χ2n) is 4.68. The van der Waals surface area contributed by atoms with Crippen LogP contribution in [0, 0.1) is 3.57 Å². The van der Waals surface area contributed by atoms with Gasteiger partial charge in [0.25, 0.3) is 0 Å². The van der Waals surface area contributed by atoms with Crippen LogP contribution in [0.3, 0.4) is 0 Å². The summed E-state index contributed by atoms with van der Waals surface area (Å²) in [5.41, 5.74) is 2.59. The summed E-state index contributed by atoms with van der Waals surface area (Å²) >= 11 is 2.40. The third-order valence-electron chi connectivity index (χ3n) is 3.26. The number of halogens is 1. The number of hydrogen-bond donors (Lipinski definition) is 1. The van der Waals surface area contributed by atoms with Gasteiger partial charge in [0.05, 0.1) is 13.2 Å². The second-order valence-corrected chi connectivity index (χ2v) is 5.84. The molecule has 0 aliphatic carbocycles. The molecular formula is C17H20INO. The summed E-state index contributed by atoms with van der Waals surface area (Å²) in [4.78, 5) is 0. The summed E-state index contributed by atoms with van der Waals surface area (Å²) < 4.78 is 6.52. The Balaban J connectivity index is 2.33. The fourth-order valence-corrected chi connectivity index (χ4v) is 2.90. The average molecular weight is 381 g/mol. The van der Waals surface area contributed by atoms with E-state index in [1.807, 2.05) is 12.1 Å². The smallest absolute Gasteiger partial charge is 0.118 e. The molecule has 1 N–H and O–H groups in total. The zero-order valence-electron chi connectivity index (χ0n) is 11.9. The zero-order valence-corrected chi connectivity index (χ0v) is 14.1. The first-order valence-corrected chi connectivity index (χ1v) is 7.96. The van der Waals surface area contributed by atoms with Gasteiger partial charge in [-0.25, -0.2) is 0 Å². The van der Waals surface area contributed by atoms with Gasteiger partial charge in [-0.3, -0.25) is 0 Å². The van der Waals surface area contributed by atoms with Gasteiger partial charge in [0, 0.05) is 3.57 Å². The van der Waals surface area contributed by atoms with Crippen molar-refractivity contribution in [2.24, 2.45) is 0 Å². The molecule has 0 aliphatic rings. The van der Waals surface area contributed by atoms with Gasteiger partial charge in [-0.05, 0) is 64.9 Å². The highest BCUT2D eigenvalue weighted by atomic mass is 127. The average Bonchev–Trinajstić information content (AvgIpc) is 2.50. The van der Waals surface area contributed by atoms with E-state index in [9.17, 15) is 0 Å². The molecule has 0 fully saturated rings. The molecule has 2 aromatic rings. The van der Waals surface area contributed by atoms with Crippen molar-refractivity contribution in [3.05, 3.63) is 63.2 Å². The molecule has 2 aromatic carbocycles. The molecule has 0 bridgehead atoms. The molecule has 0 radical (unpaired) electrons. The SMILES string of the molecule is CCCNC(c1ccc(OC)cc1)c1ccccc1I. The topological polar surface area (TPSA) is 21.3 Å². The van der Waals surface area contributed by atoms with E-state index >= 15 is 0 Å². The highest BCUT2D eigenvalue weighted by Gasteiger charge is 2.15. The Labute approximate surface area is 134 Å². The van der Waals surface area contributed by atoms with Gasteiger partial charge < -0.3 is 10.1 Å². The molecule has 0 aromatic heterocycles. The van der Waals surface area contributed by atoms with Gasteiger partial charge in [0.2, 0.25) is 0 Å². The maximum absolute atomic E-state index is 5.24.